The average Bonchev–Trinajstić information content (AvgIpc) is 2.39. The summed E-state index contributed by atoms with van der Waals surface area (Å²) in [7, 11) is 3.73. The summed E-state index contributed by atoms with van der Waals surface area (Å²) in [6.07, 6.45) is 3.09. The maximum atomic E-state index is 12.1. The van der Waals surface area contributed by atoms with Gasteiger partial charge in [-0.1, -0.05) is 13.3 Å². The lowest BCUT2D eigenvalue weighted by molar-refractivity contribution is -0.127. The van der Waals surface area contributed by atoms with E-state index in [0.29, 0.717) is 12.5 Å². The van der Waals surface area contributed by atoms with Gasteiger partial charge < -0.3 is 20.7 Å². The zero-order chi connectivity index (χ0) is 14.3. The largest absolute Gasteiger partial charge is 0.383 e. The summed E-state index contributed by atoms with van der Waals surface area (Å²) in [4.78, 5) is 14.3. The van der Waals surface area contributed by atoms with Gasteiger partial charge in [0.1, 0.15) is 0 Å². The molecule has 0 aromatic carbocycles. The molecule has 3 atom stereocenters. The molecule has 112 valence electrons. The van der Waals surface area contributed by atoms with Crippen LogP contribution in [0.1, 0.15) is 26.2 Å². The Labute approximate surface area is 116 Å². The van der Waals surface area contributed by atoms with Gasteiger partial charge in [0.2, 0.25) is 5.91 Å². The predicted octanol–water partition coefficient (Wildman–Crippen LogP) is 0.444. The fraction of sp³-hybridized carbons (Fsp3) is 0.929. The molecule has 0 saturated heterocycles. The molecule has 0 bridgehead atoms. The summed E-state index contributed by atoms with van der Waals surface area (Å²) in [5.74, 6) is 0.552. The fourth-order valence-corrected chi connectivity index (χ4v) is 2.63. The van der Waals surface area contributed by atoms with E-state index >= 15 is 0 Å². The van der Waals surface area contributed by atoms with Crippen molar-refractivity contribution in [2.24, 2.45) is 17.6 Å². The van der Waals surface area contributed by atoms with Gasteiger partial charge in [-0.05, 0) is 25.8 Å². The minimum absolute atomic E-state index is 0.0908. The first kappa shape index (κ1) is 16.4. The number of ether oxygens (including phenoxy) is 1. The summed E-state index contributed by atoms with van der Waals surface area (Å²) < 4.78 is 5.02. The highest BCUT2D eigenvalue weighted by atomic mass is 16.5. The average molecular weight is 271 g/mol. The molecule has 0 heterocycles. The molecule has 0 aliphatic heterocycles. The van der Waals surface area contributed by atoms with Crippen molar-refractivity contribution in [1.82, 2.24) is 10.2 Å². The summed E-state index contributed by atoms with van der Waals surface area (Å²) in [5, 5.41) is 3.03. The minimum atomic E-state index is 0.0908. The molecule has 1 aliphatic carbocycles. The SMILES string of the molecule is COCCN(C)CCNC(=O)C1CCCC(N)C1C. The topological polar surface area (TPSA) is 67.6 Å². The van der Waals surface area contributed by atoms with Crippen LogP contribution in [0, 0.1) is 11.8 Å². The van der Waals surface area contributed by atoms with Crippen LogP contribution in [0.25, 0.3) is 0 Å². The lowest BCUT2D eigenvalue weighted by atomic mass is 9.77. The predicted molar refractivity (Wildman–Crippen MR) is 76.9 cm³/mol. The minimum Gasteiger partial charge on any atom is -0.383 e. The van der Waals surface area contributed by atoms with Crippen molar-refractivity contribution in [3.63, 3.8) is 0 Å². The van der Waals surface area contributed by atoms with E-state index in [2.05, 4.69) is 17.1 Å². The number of hydrogen-bond acceptors (Lipinski definition) is 4. The number of methoxy groups -OCH3 is 1. The molecule has 3 N–H and O–H groups in total. The van der Waals surface area contributed by atoms with Gasteiger partial charge in [0, 0.05) is 38.7 Å². The second-order valence-corrected chi connectivity index (χ2v) is 5.65. The quantitative estimate of drug-likeness (QED) is 0.705. The fourth-order valence-electron chi connectivity index (χ4n) is 2.63. The van der Waals surface area contributed by atoms with Crippen LogP contribution in [0.15, 0.2) is 0 Å². The third-order valence-corrected chi connectivity index (χ3v) is 4.17. The number of likely N-dealkylation sites (N-methyl/N-ethyl adjacent to an activating group) is 1. The monoisotopic (exact) mass is 271 g/mol. The third kappa shape index (κ3) is 5.47. The summed E-state index contributed by atoms with van der Waals surface area (Å²) in [6, 6.07) is 0.175. The van der Waals surface area contributed by atoms with Gasteiger partial charge in [-0.25, -0.2) is 0 Å². The van der Waals surface area contributed by atoms with Crippen molar-refractivity contribution < 1.29 is 9.53 Å². The van der Waals surface area contributed by atoms with Crippen molar-refractivity contribution in [2.75, 3.05) is 40.4 Å². The zero-order valence-corrected chi connectivity index (χ0v) is 12.5. The normalized spacial score (nSPS) is 27.5. The van der Waals surface area contributed by atoms with Crippen molar-refractivity contribution in [3.05, 3.63) is 0 Å². The number of carbonyl (C=O) groups is 1. The second kappa shape index (κ2) is 8.51. The molecule has 5 heteroatoms. The molecule has 1 rings (SSSR count). The van der Waals surface area contributed by atoms with Crippen LogP contribution in [-0.4, -0.2) is 57.2 Å². The molecular formula is C14H29N3O2. The molecule has 3 unspecified atom stereocenters. The third-order valence-electron chi connectivity index (χ3n) is 4.17. The van der Waals surface area contributed by atoms with E-state index in [-0.39, 0.29) is 17.9 Å². The van der Waals surface area contributed by atoms with Crippen molar-refractivity contribution in [2.45, 2.75) is 32.2 Å². The molecule has 1 aliphatic rings. The van der Waals surface area contributed by atoms with E-state index in [0.717, 1.165) is 39.0 Å². The van der Waals surface area contributed by atoms with Gasteiger partial charge in [-0.2, -0.15) is 0 Å². The van der Waals surface area contributed by atoms with E-state index < -0.39 is 0 Å². The molecule has 19 heavy (non-hydrogen) atoms. The van der Waals surface area contributed by atoms with Crippen LogP contribution in [0.3, 0.4) is 0 Å². The molecule has 1 amide bonds. The van der Waals surface area contributed by atoms with Gasteiger partial charge in [-0.15, -0.1) is 0 Å². The van der Waals surface area contributed by atoms with Crippen LogP contribution in [0.4, 0.5) is 0 Å². The number of nitrogens with one attached hydrogen (secondary N) is 1. The number of hydrogen-bond donors (Lipinski definition) is 2. The van der Waals surface area contributed by atoms with Crippen LogP contribution in [0.2, 0.25) is 0 Å². The highest BCUT2D eigenvalue weighted by molar-refractivity contribution is 5.79. The van der Waals surface area contributed by atoms with Crippen LogP contribution in [0.5, 0.6) is 0 Å². The number of amides is 1. The standard InChI is InChI=1S/C14H29N3O2/c1-11-12(5-4-6-13(11)15)14(18)16-7-8-17(2)9-10-19-3/h11-13H,4-10,15H2,1-3H3,(H,16,18). The Balaban J connectivity index is 2.23. The first-order valence-electron chi connectivity index (χ1n) is 7.27. The Bertz CT molecular complexity index is 273. The Morgan fingerprint density at radius 3 is 2.84 bits per heavy atom. The van der Waals surface area contributed by atoms with Gasteiger partial charge in [0.15, 0.2) is 0 Å². The van der Waals surface area contributed by atoms with Gasteiger partial charge >= 0.3 is 0 Å². The van der Waals surface area contributed by atoms with E-state index in [4.69, 9.17) is 10.5 Å². The maximum Gasteiger partial charge on any atom is 0.223 e. The smallest absolute Gasteiger partial charge is 0.223 e. The van der Waals surface area contributed by atoms with E-state index in [1.807, 2.05) is 7.05 Å². The van der Waals surface area contributed by atoms with Gasteiger partial charge in [-0.3, -0.25) is 4.79 Å². The first-order chi connectivity index (χ1) is 9.06. The summed E-state index contributed by atoms with van der Waals surface area (Å²) in [5.41, 5.74) is 6.04. The molecular weight excluding hydrogens is 242 g/mol. The molecule has 1 saturated carbocycles. The first-order valence-corrected chi connectivity index (χ1v) is 7.27. The Hall–Kier alpha value is -0.650. The summed E-state index contributed by atoms with van der Waals surface area (Å²) >= 11 is 0. The van der Waals surface area contributed by atoms with E-state index in [1.165, 1.54) is 0 Å². The lowest BCUT2D eigenvalue weighted by Gasteiger charge is -2.33. The molecule has 0 spiro atoms. The molecule has 0 aromatic rings. The molecule has 1 fully saturated rings. The van der Waals surface area contributed by atoms with Crippen LogP contribution < -0.4 is 11.1 Å². The zero-order valence-electron chi connectivity index (χ0n) is 12.5. The highest BCUT2D eigenvalue weighted by Crippen LogP contribution is 2.28. The van der Waals surface area contributed by atoms with E-state index in [1.54, 1.807) is 7.11 Å². The lowest BCUT2D eigenvalue weighted by Crippen LogP contribution is -2.45. The van der Waals surface area contributed by atoms with Crippen molar-refractivity contribution in [3.8, 4) is 0 Å². The van der Waals surface area contributed by atoms with Gasteiger partial charge in [0.25, 0.3) is 0 Å². The van der Waals surface area contributed by atoms with Gasteiger partial charge in [0.05, 0.1) is 6.61 Å². The van der Waals surface area contributed by atoms with Crippen LogP contribution in [-0.2, 0) is 9.53 Å². The van der Waals surface area contributed by atoms with Crippen LogP contribution >= 0.6 is 0 Å². The number of carbonyl (C=O) groups excluding carboxylic acids is 1. The molecule has 0 aromatic heterocycles. The van der Waals surface area contributed by atoms with Crippen molar-refractivity contribution in [1.29, 1.82) is 0 Å². The Morgan fingerprint density at radius 1 is 1.42 bits per heavy atom. The second-order valence-electron chi connectivity index (χ2n) is 5.65. The maximum absolute atomic E-state index is 12.1. The Kier molecular flexibility index (Phi) is 7.34. The number of rotatable bonds is 7. The number of nitrogens with zero attached hydrogens (tertiary/aromatic N) is 1. The van der Waals surface area contributed by atoms with Crippen molar-refractivity contribution >= 4 is 5.91 Å². The van der Waals surface area contributed by atoms with E-state index in [9.17, 15) is 4.79 Å². The number of nitrogens with two attached hydrogens (primary N) is 1. The summed E-state index contributed by atoms with van der Waals surface area (Å²) in [6.45, 7) is 5.24. The molecule has 0 radical (unpaired) electrons. The Morgan fingerprint density at radius 2 is 2.16 bits per heavy atom. The highest BCUT2D eigenvalue weighted by Gasteiger charge is 2.32. The molecule has 5 nitrogen and oxygen atoms in total.